The lowest BCUT2D eigenvalue weighted by molar-refractivity contribution is 0.468. The van der Waals surface area contributed by atoms with Gasteiger partial charge in [0.15, 0.2) is 0 Å². The van der Waals surface area contributed by atoms with Gasteiger partial charge in [-0.15, -0.1) is 11.3 Å². The molecule has 88 valence electrons. The third-order valence-corrected chi connectivity index (χ3v) is 3.73. The molecule has 1 heterocycles. The van der Waals surface area contributed by atoms with Crippen LogP contribution in [0.3, 0.4) is 0 Å². The molecule has 2 rings (SSSR count). The van der Waals surface area contributed by atoms with Gasteiger partial charge in [0.25, 0.3) is 0 Å². The van der Waals surface area contributed by atoms with Crippen LogP contribution in [0.4, 0.5) is 5.13 Å². The fraction of sp³-hybridized carbons (Fsp3) is 0. The van der Waals surface area contributed by atoms with Gasteiger partial charge >= 0.3 is 0 Å². The summed E-state index contributed by atoms with van der Waals surface area (Å²) >= 11 is 7.98. The number of aromatic hydroxyl groups is 1. The number of phenolic OH excluding ortho intramolecular Hbond substituents is 1. The smallest absolute Gasteiger partial charge is 0.203 e. The van der Waals surface area contributed by atoms with E-state index in [0.29, 0.717) is 8.95 Å². The Morgan fingerprint density at radius 1 is 1.35 bits per heavy atom. The topological polar surface area (TPSA) is 57.5 Å². The van der Waals surface area contributed by atoms with Crippen molar-refractivity contribution in [3.8, 4) is 5.75 Å². The van der Waals surface area contributed by atoms with Crippen molar-refractivity contribution in [3.05, 3.63) is 38.2 Å². The van der Waals surface area contributed by atoms with Crippen molar-refractivity contribution < 1.29 is 5.11 Å². The number of nitrogens with zero attached hydrogens (tertiary/aromatic N) is 2. The van der Waals surface area contributed by atoms with Crippen molar-refractivity contribution in [2.45, 2.75) is 0 Å². The summed E-state index contributed by atoms with van der Waals surface area (Å²) in [6.07, 6.45) is 3.35. The molecule has 0 aliphatic heterocycles. The highest BCUT2D eigenvalue weighted by atomic mass is 79.9. The number of rotatable bonds is 3. The first-order valence-corrected chi connectivity index (χ1v) is 7.00. The van der Waals surface area contributed by atoms with Gasteiger partial charge in [-0.3, -0.25) is 5.43 Å². The Balaban J connectivity index is 2.11. The largest absolute Gasteiger partial charge is 0.506 e. The summed E-state index contributed by atoms with van der Waals surface area (Å²) in [5, 5.41) is 16.2. The maximum absolute atomic E-state index is 9.54. The van der Waals surface area contributed by atoms with Crippen molar-refractivity contribution in [3.63, 3.8) is 0 Å². The van der Waals surface area contributed by atoms with Crippen LogP contribution in [0.2, 0.25) is 0 Å². The standard InChI is InChI=1S/C10H7Br2N3OS/c11-7-3-6(4-8(12)9(7)16)5-14-15-10-13-1-2-17-10/h1-5,16H,(H,13,15). The first-order chi connectivity index (χ1) is 8.16. The maximum Gasteiger partial charge on any atom is 0.203 e. The third-order valence-electron chi connectivity index (χ3n) is 1.85. The number of hydrazone groups is 1. The highest BCUT2D eigenvalue weighted by Crippen LogP contribution is 2.32. The molecule has 17 heavy (non-hydrogen) atoms. The fourth-order valence-electron chi connectivity index (χ4n) is 1.10. The quantitative estimate of drug-likeness (QED) is 0.632. The van der Waals surface area contributed by atoms with Gasteiger partial charge in [0.05, 0.1) is 15.2 Å². The van der Waals surface area contributed by atoms with Gasteiger partial charge < -0.3 is 5.11 Å². The number of thiazole rings is 1. The zero-order valence-electron chi connectivity index (χ0n) is 8.39. The molecule has 0 fully saturated rings. The van der Waals surface area contributed by atoms with E-state index < -0.39 is 0 Å². The number of hydrogen-bond donors (Lipinski definition) is 2. The normalized spacial score (nSPS) is 10.9. The molecular weight excluding hydrogens is 370 g/mol. The molecular formula is C10H7Br2N3OS. The summed E-state index contributed by atoms with van der Waals surface area (Å²) in [6.45, 7) is 0. The van der Waals surface area contributed by atoms with E-state index in [1.807, 2.05) is 5.38 Å². The van der Waals surface area contributed by atoms with E-state index in [-0.39, 0.29) is 5.75 Å². The molecule has 0 atom stereocenters. The Bertz CT molecular complexity index is 519. The van der Waals surface area contributed by atoms with E-state index in [9.17, 15) is 5.11 Å². The van der Waals surface area contributed by atoms with E-state index in [4.69, 9.17) is 0 Å². The zero-order chi connectivity index (χ0) is 12.3. The molecule has 0 radical (unpaired) electrons. The Morgan fingerprint density at radius 3 is 2.65 bits per heavy atom. The SMILES string of the molecule is Oc1c(Br)cc(C=NNc2nccs2)cc1Br. The van der Waals surface area contributed by atoms with E-state index in [1.54, 1.807) is 24.5 Å². The lowest BCUT2D eigenvalue weighted by Crippen LogP contribution is -1.90. The maximum atomic E-state index is 9.54. The van der Waals surface area contributed by atoms with Crippen LogP contribution in [0.25, 0.3) is 0 Å². The molecule has 0 aliphatic rings. The fourth-order valence-corrected chi connectivity index (χ4v) is 2.80. The van der Waals surface area contributed by atoms with Crippen LogP contribution >= 0.6 is 43.2 Å². The molecule has 2 N–H and O–H groups in total. The summed E-state index contributed by atoms with van der Waals surface area (Å²) in [5.74, 6) is 0.176. The van der Waals surface area contributed by atoms with Crippen molar-refractivity contribution in [2.24, 2.45) is 5.10 Å². The zero-order valence-corrected chi connectivity index (χ0v) is 12.4. The predicted molar refractivity (Wildman–Crippen MR) is 76.8 cm³/mol. The summed E-state index contributed by atoms with van der Waals surface area (Å²) in [6, 6.07) is 3.54. The Hall–Kier alpha value is -0.920. The van der Waals surface area contributed by atoms with Crippen LogP contribution in [-0.4, -0.2) is 16.3 Å². The molecule has 0 unspecified atom stereocenters. The van der Waals surface area contributed by atoms with E-state index in [1.165, 1.54) is 11.3 Å². The van der Waals surface area contributed by atoms with Crippen molar-refractivity contribution in [1.82, 2.24) is 4.98 Å². The minimum atomic E-state index is 0.176. The number of nitrogens with one attached hydrogen (secondary N) is 1. The van der Waals surface area contributed by atoms with E-state index >= 15 is 0 Å². The lowest BCUT2D eigenvalue weighted by Gasteiger charge is -2.01. The predicted octanol–water partition coefficient (Wildman–Crippen LogP) is 3.82. The van der Waals surface area contributed by atoms with Crippen LogP contribution in [0, 0.1) is 0 Å². The van der Waals surface area contributed by atoms with Gasteiger partial charge in [0.1, 0.15) is 5.75 Å². The van der Waals surface area contributed by atoms with Gasteiger partial charge in [-0.1, -0.05) is 0 Å². The van der Waals surface area contributed by atoms with Crippen LogP contribution < -0.4 is 5.43 Å². The second-order valence-electron chi connectivity index (χ2n) is 3.04. The van der Waals surface area contributed by atoms with E-state index in [2.05, 4.69) is 47.4 Å². The average Bonchev–Trinajstić information content (AvgIpc) is 2.79. The van der Waals surface area contributed by atoms with Gasteiger partial charge in [0, 0.05) is 11.6 Å². The van der Waals surface area contributed by atoms with Crippen molar-refractivity contribution in [2.75, 3.05) is 5.43 Å². The number of aromatic nitrogens is 1. The second kappa shape index (κ2) is 5.61. The van der Waals surface area contributed by atoms with Gasteiger partial charge in [-0.05, 0) is 49.6 Å². The van der Waals surface area contributed by atoms with Crippen molar-refractivity contribution in [1.29, 1.82) is 0 Å². The van der Waals surface area contributed by atoms with Gasteiger partial charge in [0.2, 0.25) is 5.13 Å². The summed E-state index contributed by atoms with van der Waals surface area (Å²) in [4.78, 5) is 4.03. The lowest BCUT2D eigenvalue weighted by atomic mass is 10.2. The second-order valence-corrected chi connectivity index (χ2v) is 5.64. The molecule has 0 bridgehead atoms. The molecule has 7 heteroatoms. The Kier molecular flexibility index (Phi) is 4.14. The molecule has 1 aromatic heterocycles. The molecule has 2 aromatic rings. The van der Waals surface area contributed by atoms with Gasteiger partial charge in [-0.2, -0.15) is 5.10 Å². The highest BCUT2D eigenvalue weighted by Gasteiger charge is 2.04. The number of anilines is 1. The van der Waals surface area contributed by atoms with E-state index in [0.717, 1.165) is 10.7 Å². The van der Waals surface area contributed by atoms with Crippen LogP contribution in [0.5, 0.6) is 5.75 Å². The molecule has 0 spiro atoms. The molecule has 4 nitrogen and oxygen atoms in total. The monoisotopic (exact) mass is 375 g/mol. The minimum Gasteiger partial charge on any atom is -0.506 e. The first kappa shape index (κ1) is 12.5. The van der Waals surface area contributed by atoms with Crippen LogP contribution in [0.1, 0.15) is 5.56 Å². The summed E-state index contributed by atoms with van der Waals surface area (Å²) in [7, 11) is 0. The highest BCUT2D eigenvalue weighted by molar-refractivity contribution is 9.11. The molecule has 0 saturated heterocycles. The molecule has 0 amide bonds. The van der Waals surface area contributed by atoms with Crippen LogP contribution in [0.15, 0.2) is 37.8 Å². The number of hydrogen-bond acceptors (Lipinski definition) is 5. The van der Waals surface area contributed by atoms with Gasteiger partial charge in [-0.25, -0.2) is 4.98 Å². The Labute approximate surface area is 119 Å². The number of phenols is 1. The molecule has 1 aromatic carbocycles. The number of benzene rings is 1. The van der Waals surface area contributed by atoms with Crippen LogP contribution in [-0.2, 0) is 0 Å². The average molecular weight is 377 g/mol. The molecule has 0 aliphatic carbocycles. The minimum absolute atomic E-state index is 0.176. The van der Waals surface area contributed by atoms with Crippen molar-refractivity contribution >= 4 is 54.5 Å². The summed E-state index contributed by atoms with van der Waals surface area (Å²) < 4.78 is 1.23. The molecule has 0 saturated carbocycles. The summed E-state index contributed by atoms with van der Waals surface area (Å²) in [5.41, 5.74) is 3.66. The Morgan fingerprint density at radius 2 is 2.06 bits per heavy atom. The third kappa shape index (κ3) is 3.27. The number of halogens is 2. The first-order valence-electron chi connectivity index (χ1n) is 4.53.